The molecule has 0 bridgehead atoms. The summed E-state index contributed by atoms with van der Waals surface area (Å²) in [6.45, 7) is 4.40. The van der Waals surface area contributed by atoms with E-state index in [0.29, 0.717) is 18.2 Å². The first kappa shape index (κ1) is 34.0. The van der Waals surface area contributed by atoms with Crippen LogP contribution in [0.2, 0.25) is 0 Å². The maximum atomic E-state index is 7.07. The van der Waals surface area contributed by atoms with Crippen LogP contribution in [0.15, 0.2) is 202 Å². The Bertz CT molecular complexity index is 3140. The largest absolute Gasteiger partial charge is 0.483 e. The highest BCUT2D eigenvalue weighted by molar-refractivity contribution is 6.19. The van der Waals surface area contributed by atoms with Crippen molar-refractivity contribution in [2.75, 3.05) is 6.54 Å². The first-order chi connectivity index (χ1) is 28.7. The van der Waals surface area contributed by atoms with Gasteiger partial charge in [-0.3, -0.25) is 4.99 Å². The fourth-order valence-electron chi connectivity index (χ4n) is 9.00. The fraction of sp³-hybridized carbons (Fsp3) is 0.0962. The Labute approximate surface area is 336 Å². The van der Waals surface area contributed by atoms with Crippen molar-refractivity contribution in [3.63, 3.8) is 0 Å². The molecule has 0 radical (unpaired) electrons. The Hall–Kier alpha value is -7.31. The molecule has 6 heteroatoms. The van der Waals surface area contributed by atoms with Crippen LogP contribution in [-0.4, -0.2) is 40.2 Å². The number of rotatable bonds is 6. The Morgan fingerprint density at radius 3 is 2.10 bits per heavy atom. The minimum atomic E-state index is -0.234. The number of benzene rings is 6. The molecule has 8 aromatic rings. The van der Waals surface area contributed by atoms with Gasteiger partial charge in [0, 0.05) is 49.9 Å². The summed E-state index contributed by atoms with van der Waals surface area (Å²) < 4.78 is 11.8. The molecule has 2 atom stereocenters. The minimum absolute atomic E-state index is 0.0412. The molecule has 2 unspecified atom stereocenters. The lowest BCUT2D eigenvalue weighted by Crippen LogP contribution is -2.20. The number of aromatic nitrogens is 2. The third kappa shape index (κ3) is 5.59. The molecule has 0 fully saturated rings. The average Bonchev–Trinajstić information content (AvgIpc) is 3.93. The Balaban J connectivity index is 1.05. The van der Waals surface area contributed by atoms with Gasteiger partial charge in [-0.1, -0.05) is 127 Å². The van der Waals surface area contributed by atoms with Crippen molar-refractivity contribution in [2.24, 2.45) is 15.0 Å². The van der Waals surface area contributed by atoms with Crippen molar-refractivity contribution in [3.8, 4) is 17.1 Å². The van der Waals surface area contributed by atoms with Gasteiger partial charge in [-0.05, 0) is 73.7 Å². The zero-order valence-electron chi connectivity index (χ0n) is 31.9. The van der Waals surface area contributed by atoms with Gasteiger partial charge in [-0.15, -0.1) is 0 Å². The van der Waals surface area contributed by atoms with Crippen molar-refractivity contribution >= 4 is 62.0 Å². The van der Waals surface area contributed by atoms with E-state index in [1.54, 1.807) is 0 Å². The van der Waals surface area contributed by atoms with E-state index in [0.717, 1.165) is 63.2 Å². The van der Waals surface area contributed by atoms with E-state index in [1.807, 2.05) is 30.3 Å². The summed E-state index contributed by atoms with van der Waals surface area (Å²) in [5, 5.41) is 4.89. The van der Waals surface area contributed by atoms with Crippen LogP contribution < -0.4 is 4.74 Å². The molecule has 6 aromatic carbocycles. The number of hydrogen-bond donors (Lipinski definition) is 0. The average molecular weight is 750 g/mol. The van der Waals surface area contributed by atoms with E-state index >= 15 is 0 Å². The van der Waals surface area contributed by atoms with E-state index in [9.17, 15) is 0 Å². The summed E-state index contributed by atoms with van der Waals surface area (Å²) in [6, 6.07) is 49.3. The lowest BCUT2D eigenvalue weighted by molar-refractivity contribution is 0.268. The van der Waals surface area contributed by atoms with Gasteiger partial charge in [0.2, 0.25) is 0 Å². The molecule has 2 aromatic heterocycles. The van der Waals surface area contributed by atoms with Crippen molar-refractivity contribution in [1.29, 1.82) is 0 Å². The Morgan fingerprint density at radius 2 is 1.36 bits per heavy atom. The number of fused-ring (bicyclic) bond motifs is 9. The van der Waals surface area contributed by atoms with Gasteiger partial charge >= 0.3 is 0 Å². The van der Waals surface area contributed by atoms with Gasteiger partial charge < -0.3 is 13.9 Å². The van der Waals surface area contributed by atoms with Gasteiger partial charge in [-0.25, -0.2) is 9.98 Å². The van der Waals surface area contributed by atoms with Crippen LogP contribution in [0.5, 0.6) is 5.75 Å². The topological polar surface area (TPSA) is 56.2 Å². The summed E-state index contributed by atoms with van der Waals surface area (Å²) in [5.74, 6) is 2.08. The lowest BCUT2D eigenvalue weighted by Gasteiger charge is -2.19. The van der Waals surface area contributed by atoms with Crippen molar-refractivity contribution < 1.29 is 4.74 Å². The number of hydrogen-bond acceptors (Lipinski definition) is 2. The second-order valence-electron chi connectivity index (χ2n) is 15.1. The minimum Gasteiger partial charge on any atom is -0.483 e. The molecule has 0 N–H and O–H groups in total. The summed E-state index contributed by atoms with van der Waals surface area (Å²) in [6.07, 6.45) is 15.1. The SMILES string of the molecule is C=NC(=NC(=NCC1=CCCC=C1)C1=CC2Oc3c(cccc3-n3c4ccccc4c4cc5c6ccccc6n(-c6ccccc6)c5cc43)C2C=C1)c1ccccc1. The molecule has 3 heterocycles. The molecule has 2 aliphatic carbocycles. The number of amidine groups is 2. The smallest absolute Gasteiger partial charge is 0.161 e. The zero-order chi connectivity index (χ0) is 38.6. The van der Waals surface area contributed by atoms with E-state index < -0.39 is 0 Å². The molecule has 0 saturated heterocycles. The van der Waals surface area contributed by atoms with Gasteiger partial charge in [0.05, 0.1) is 34.3 Å². The second kappa shape index (κ2) is 14.0. The molecule has 0 spiro atoms. The van der Waals surface area contributed by atoms with E-state index in [1.165, 1.54) is 32.6 Å². The first-order valence-corrected chi connectivity index (χ1v) is 20.0. The van der Waals surface area contributed by atoms with Crippen LogP contribution in [0, 0.1) is 0 Å². The number of allylic oxidation sites excluding steroid dienone is 2. The van der Waals surface area contributed by atoms with Crippen LogP contribution in [-0.2, 0) is 0 Å². The molecular formula is C52H39N5O. The molecule has 58 heavy (non-hydrogen) atoms. The molecule has 11 rings (SSSR count). The van der Waals surface area contributed by atoms with E-state index in [4.69, 9.17) is 14.7 Å². The molecule has 278 valence electrons. The summed E-state index contributed by atoms with van der Waals surface area (Å²) in [5.41, 5.74) is 10.9. The standard InChI is InChI=1S/C52H39N5O/c1-53-51(35-18-7-3-8-19-35)55-52(54-33-34-16-5-2-6-17-34)36-28-29-40-41-24-15-27-46(50(41)58-49(40)30-36)57-45-26-14-12-23-39(45)43-31-42-38-22-11-13-25-44(38)56(47(42)32-48(43)57)37-20-9-4-10-21-37/h3-5,7-32,40,49H,1-2,6,33H2. The van der Waals surface area contributed by atoms with Gasteiger partial charge in [-0.2, -0.15) is 0 Å². The van der Waals surface area contributed by atoms with Gasteiger partial charge in [0.1, 0.15) is 11.9 Å². The molecular weight excluding hydrogens is 711 g/mol. The molecule has 6 nitrogen and oxygen atoms in total. The number of nitrogens with zero attached hydrogens (tertiary/aromatic N) is 5. The molecule has 0 saturated carbocycles. The summed E-state index contributed by atoms with van der Waals surface area (Å²) >= 11 is 0. The van der Waals surface area contributed by atoms with Crippen LogP contribution in [0.1, 0.15) is 29.9 Å². The zero-order valence-corrected chi connectivity index (χ0v) is 31.9. The summed E-state index contributed by atoms with van der Waals surface area (Å²) in [7, 11) is 0. The van der Waals surface area contributed by atoms with Crippen molar-refractivity contribution in [3.05, 3.63) is 198 Å². The summed E-state index contributed by atoms with van der Waals surface area (Å²) in [4.78, 5) is 14.5. The van der Waals surface area contributed by atoms with Crippen molar-refractivity contribution in [2.45, 2.75) is 24.9 Å². The highest BCUT2D eigenvalue weighted by Gasteiger charge is 2.36. The third-order valence-corrected chi connectivity index (χ3v) is 11.7. The predicted octanol–water partition coefficient (Wildman–Crippen LogP) is 12.0. The van der Waals surface area contributed by atoms with E-state index in [2.05, 4.69) is 166 Å². The fourth-order valence-corrected chi connectivity index (χ4v) is 9.00. The van der Waals surface area contributed by atoms with Crippen LogP contribution in [0.4, 0.5) is 0 Å². The first-order valence-electron chi connectivity index (χ1n) is 20.0. The van der Waals surface area contributed by atoms with Gasteiger partial charge in [0.25, 0.3) is 0 Å². The maximum absolute atomic E-state index is 7.07. The van der Waals surface area contributed by atoms with Crippen molar-refractivity contribution in [1.82, 2.24) is 9.13 Å². The highest BCUT2D eigenvalue weighted by Crippen LogP contribution is 2.48. The van der Waals surface area contributed by atoms with Crippen LogP contribution in [0.3, 0.4) is 0 Å². The number of ether oxygens (including phenoxy) is 1. The third-order valence-electron chi connectivity index (χ3n) is 11.7. The maximum Gasteiger partial charge on any atom is 0.161 e. The molecule has 0 amide bonds. The lowest BCUT2D eigenvalue weighted by atomic mass is 9.89. The van der Waals surface area contributed by atoms with Crippen LogP contribution in [0.25, 0.3) is 55.0 Å². The van der Waals surface area contributed by atoms with E-state index in [-0.39, 0.29) is 12.0 Å². The number of para-hydroxylation sites is 4. The Kier molecular flexibility index (Phi) is 8.21. The monoisotopic (exact) mass is 749 g/mol. The molecule has 3 aliphatic rings. The normalized spacial score (nSPS) is 17.7. The molecule has 1 aliphatic heterocycles. The quantitative estimate of drug-likeness (QED) is 0.123. The van der Waals surface area contributed by atoms with Crippen LogP contribution >= 0.6 is 0 Å². The van der Waals surface area contributed by atoms with Gasteiger partial charge in [0.15, 0.2) is 11.7 Å². The predicted molar refractivity (Wildman–Crippen MR) is 241 cm³/mol. The number of aliphatic imine (C=N–C) groups is 3. The second-order valence-corrected chi connectivity index (χ2v) is 15.1. The Morgan fingerprint density at radius 1 is 0.655 bits per heavy atom. The highest BCUT2D eigenvalue weighted by atomic mass is 16.5.